The predicted octanol–water partition coefficient (Wildman–Crippen LogP) is 3.05. The van der Waals surface area contributed by atoms with Gasteiger partial charge in [-0.15, -0.1) is 0 Å². The number of hydrogen-bond donors (Lipinski definition) is 2. The molecule has 4 N–H and O–H groups in total. The van der Waals surface area contributed by atoms with Crippen LogP contribution in [0.25, 0.3) is 0 Å². The van der Waals surface area contributed by atoms with Crippen molar-refractivity contribution in [1.29, 1.82) is 0 Å². The van der Waals surface area contributed by atoms with E-state index in [1.165, 1.54) is 18.2 Å². The smallest absolute Gasteiger partial charge is 0.294 e. The monoisotopic (exact) mass is 425 g/mol. The second-order valence-corrected chi connectivity index (χ2v) is 9.18. The third-order valence-corrected chi connectivity index (χ3v) is 8.05. The molecule has 0 radical (unpaired) electrons. The van der Waals surface area contributed by atoms with E-state index in [2.05, 4.69) is 14.9 Å². The lowest BCUT2D eigenvalue weighted by molar-refractivity contribution is -0.669. The number of anilines is 2. The van der Waals surface area contributed by atoms with Crippen LogP contribution in [-0.2, 0) is 7.05 Å². The second kappa shape index (κ2) is 7.28. The molecule has 0 amide bonds. The first-order chi connectivity index (χ1) is 12.9. The van der Waals surface area contributed by atoms with Crippen LogP contribution in [0.5, 0.6) is 0 Å². The zero-order chi connectivity index (χ0) is 19.2. The molecule has 1 saturated heterocycles. The molecule has 1 aliphatic heterocycles. The Morgan fingerprint density at radius 2 is 2.04 bits per heavy atom. The molecule has 1 spiro atoms. The van der Waals surface area contributed by atoms with Crippen LogP contribution in [0.4, 0.5) is 11.6 Å². The van der Waals surface area contributed by atoms with Crippen molar-refractivity contribution in [1.82, 2.24) is 9.97 Å². The van der Waals surface area contributed by atoms with Crippen molar-refractivity contribution in [3.63, 3.8) is 0 Å². The highest BCUT2D eigenvalue weighted by atomic mass is 35.5. The van der Waals surface area contributed by atoms with Crippen molar-refractivity contribution in [3.05, 3.63) is 28.6 Å². The summed E-state index contributed by atoms with van der Waals surface area (Å²) in [7, 11) is 1.84. The maximum atomic E-state index is 6.33. The second-order valence-electron chi connectivity index (χ2n) is 7.41. The van der Waals surface area contributed by atoms with Gasteiger partial charge >= 0.3 is 0 Å². The Morgan fingerprint density at radius 1 is 1.30 bits per heavy atom. The van der Waals surface area contributed by atoms with Crippen molar-refractivity contribution in [2.45, 2.75) is 41.6 Å². The van der Waals surface area contributed by atoms with Crippen molar-refractivity contribution in [2.24, 2.45) is 18.2 Å². The van der Waals surface area contributed by atoms with Gasteiger partial charge in [0.1, 0.15) is 22.9 Å². The molecule has 1 saturated carbocycles. The van der Waals surface area contributed by atoms with Gasteiger partial charge < -0.3 is 16.4 Å². The summed E-state index contributed by atoms with van der Waals surface area (Å²) in [5.74, 6) is 1.22. The average molecular weight is 426 g/mol. The standard InChI is InChI=1S/C18H23Cl2N6S/c1-25-7-3-11(14(19)15(25)20)27-17-16(22)24-13(10-23-17)26-8-5-18(6-9-26)4-2-12(18)21/h3,7,10,12H,2,4-6,8-9,21H2,1H3,(H2,22,24)/q+1. The van der Waals surface area contributed by atoms with E-state index in [0.29, 0.717) is 32.5 Å². The van der Waals surface area contributed by atoms with Crippen molar-refractivity contribution >= 4 is 46.6 Å². The van der Waals surface area contributed by atoms with Gasteiger partial charge in [0.25, 0.3) is 5.15 Å². The maximum absolute atomic E-state index is 6.33. The lowest BCUT2D eigenvalue weighted by Crippen LogP contribution is -2.56. The summed E-state index contributed by atoms with van der Waals surface area (Å²) in [5.41, 5.74) is 12.8. The fourth-order valence-corrected chi connectivity index (χ4v) is 5.20. The number of aromatic nitrogens is 3. The summed E-state index contributed by atoms with van der Waals surface area (Å²) in [6, 6.07) is 2.25. The summed E-state index contributed by atoms with van der Waals surface area (Å²) in [5, 5.41) is 1.58. The highest BCUT2D eigenvalue weighted by Crippen LogP contribution is 2.48. The molecule has 0 bridgehead atoms. The first-order valence-corrected chi connectivity index (χ1v) is 10.6. The predicted molar refractivity (Wildman–Crippen MR) is 109 cm³/mol. The number of piperidine rings is 1. The number of rotatable bonds is 3. The number of halogens is 2. The van der Waals surface area contributed by atoms with Gasteiger partial charge in [0.2, 0.25) is 0 Å². The van der Waals surface area contributed by atoms with Gasteiger partial charge in [-0.25, -0.2) is 9.97 Å². The highest BCUT2D eigenvalue weighted by molar-refractivity contribution is 7.99. The summed E-state index contributed by atoms with van der Waals surface area (Å²) >= 11 is 13.9. The number of hydrogen-bond acceptors (Lipinski definition) is 6. The van der Waals surface area contributed by atoms with E-state index in [9.17, 15) is 0 Å². The first-order valence-electron chi connectivity index (χ1n) is 9.04. The zero-order valence-electron chi connectivity index (χ0n) is 15.2. The zero-order valence-corrected chi connectivity index (χ0v) is 17.5. The Balaban J connectivity index is 1.48. The molecule has 9 heteroatoms. The van der Waals surface area contributed by atoms with Crippen molar-refractivity contribution in [2.75, 3.05) is 23.7 Å². The molecule has 1 aliphatic carbocycles. The minimum absolute atomic E-state index is 0.352. The third kappa shape index (κ3) is 3.46. The van der Waals surface area contributed by atoms with Crippen LogP contribution in [0.3, 0.4) is 0 Å². The molecule has 2 fully saturated rings. The van der Waals surface area contributed by atoms with Gasteiger partial charge in [0, 0.05) is 30.1 Å². The summed E-state index contributed by atoms with van der Waals surface area (Å²) in [6.07, 6.45) is 8.27. The fourth-order valence-electron chi connectivity index (χ4n) is 3.89. The molecule has 27 heavy (non-hydrogen) atoms. The highest BCUT2D eigenvalue weighted by Gasteiger charge is 2.46. The van der Waals surface area contributed by atoms with E-state index in [1.54, 1.807) is 10.8 Å². The number of aryl methyl sites for hydroxylation is 1. The van der Waals surface area contributed by atoms with Crippen molar-refractivity contribution < 1.29 is 4.57 Å². The molecule has 1 atom stereocenters. The molecule has 6 nitrogen and oxygen atoms in total. The van der Waals surface area contributed by atoms with Crippen LogP contribution in [-0.4, -0.2) is 29.1 Å². The average Bonchev–Trinajstić information content (AvgIpc) is 2.68. The third-order valence-electron chi connectivity index (χ3n) is 5.94. The lowest BCUT2D eigenvalue weighted by atomic mass is 9.60. The van der Waals surface area contributed by atoms with Gasteiger partial charge in [-0.2, -0.15) is 4.57 Å². The molecule has 2 aromatic heterocycles. The van der Waals surface area contributed by atoms with Crippen LogP contribution in [0.15, 0.2) is 28.4 Å². The van der Waals surface area contributed by atoms with Gasteiger partial charge in [-0.1, -0.05) is 23.4 Å². The van der Waals surface area contributed by atoms with E-state index < -0.39 is 0 Å². The molecule has 3 heterocycles. The SMILES string of the molecule is C[n+]1ccc(Sc2ncc(N3CCC4(CCC4N)CC3)nc2N)c(Cl)c1Cl. The Hall–Kier alpha value is -1.28. The van der Waals surface area contributed by atoms with Crippen LogP contribution >= 0.6 is 35.0 Å². The van der Waals surface area contributed by atoms with Gasteiger partial charge in [-0.05, 0) is 42.7 Å². The number of pyridine rings is 1. The quantitative estimate of drug-likeness (QED) is 0.580. The molecule has 4 rings (SSSR count). The molecule has 1 unspecified atom stereocenters. The van der Waals surface area contributed by atoms with E-state index >= 15 is 0 Å². The Kier molecular flexibility index (Phi) is 5.14. The van der Waals surface area contributed by atoms with Crippen LogP contribution in [0.2, 0.25) is 10.2 Å². The van der Waals surface area contributed by atoms with Gasteiger partial charge in [-0.3, -0.25) is 0 Å². The Morgan fingerprint density at radius 3 is 2.63 bits per heavy atom. The summed E-state index contributed by atoms with van der Waals surface area (Å²) in [6.45, 7) is 1.90. The molecular weight excluding hydrogens is 403 g/mol. The van der Waals surface area contributed by atoms with Crippen LogP contribution < -0.4 is 20.9 Å². The van der Waals surface area contributed by atoms with E-state index in [0.717, 1.165) is 43.1 Å². The first kappa shape index (κ1) is 19.1. The molecule has 2 aliphatic rings. The van der Waals surface area contributed by atoms with Gasteiger partial charge in [0.05, 0.1) is 6.20 Å². The normalized spacial score (nSPS) is 21.3. The van der Waals surface area contributed by atoms with Crippen LogP contribution in [0.1, 0.15) is 25.7 Å². The van der Waals surface area contributed by atoms with E-state index in [-0.39, 0.29) is 0 Å². The Bertz CT molecular complexity index is 869. The fraction of sp³-hybridized carbons (Fsp3) is 0.500. The maximum Gasteiger partial charge on any atom is 0.294 e. The van der Waals surface area contributed by atoms with Gasteiger partial charge in [0.15, 0.2) is 12.0 Å². The number of nitrogen functional groups attached to an aromatic ring is 1. The molecule has 2 aromatic rings. The largest absolute Gasteiger partial charge is 0.381 e. The number of nitrogens with two attached hydrogens (primary N) is 2. The minimum Gasteiger partial charge on any atom is -0.381 e. The van der Waals surface area contributed by atoms with Crippen LogP contribution in [0, 0.1) is 5.41 Å². The number of nitrogens with zero attached hydrogens (tertiary/aromatic N) is 4. The van der Waals surface area contributed by atoms with E-state index in [4.69, 9.17) is 34.7 Å². The molecule has 144 valence electrons. The lowest BCUT2D eigenvalue weighted by Gasteiger charge is -2.52. The summed E-state index contributed by atoms with van der Waals surface area (Å²) < 4.78 is 1.75. The topological polar surface area (TPSA) is 84.9 Å². The van der Waals surface area contributed by atoms with E-state index in [1.807, 2.05) is 19.3 Å². The summed E-state index contributed by atoms with van der Waals surface area (Å²) in [4.78, 5) is 12.2. The molecular formula is C18H23Cl2N6S+. The molecule has 0 aromatic carbocycles. The van der Waals surface area contributed by atoms with Crippen molar-refractivity contribution in [3.8, 4) is 0 Å². The Labute approximate surface area is 173 Å². The minimum atomic E-state index is 0.352.